The third-order valence-electron chi connectivity index (χ3n) is 5.49. The van der Waals surface area contributed by atoms with Gasteiger partial charge < -0.3 is 20.0 Å². The van der Waals surface area contributed by atoms with Crippen molar-refractivity contribution in [2.24, 2.45) is 5.92 Å². The van der Waals surface area contributed by atoms with Gasteiger partial charge in [0.25, 0.3) is 5.91 Å². The van der Waals surface area contributed by atoms with Gasteiger partial charge in [0.05, 0.1) is 0 Å². The van der Waals surface area contributed by atoms with Crippen LogP contribution in [0.4, 0.5) is 14.9 Å². The van der Waals surface area contributed by atoms with E-state index in [1.54, 1.807) is 12.1 Å². The summed E-state index contributed by atoms with van der Waals surface area (Å²) in [4.78, 5) is 29.0. The van der Waals surface area contributed by atoms with Gasteiger partial charge >= 0.3 is 6.09 Å². The van der Waals surface area contributed by atoms with Crippen LogP contribution in [0.15, 0.2) is 24.3 Å². The van der Waals surface area contributed by atoms with Crippen LogP contribution in [0.2, 0.25) is 0 Å². The summed E-state index contributed by atoms with van der Waals surface area (Å²) in [5.41, 5.74) is -0.278. The van der Waals surface area contributed by atoms with Gasteiger partial charge in [0.2, 0.25) is 0 Å². The number of aliphatic hydroxyl groups is 1. The summed E-state index contributed by atoms with van der Waals surface area (Å²) in [6.07, 6.45) is -1.10. The molecule has 0 aromatic heterocycles. The van der Waals surface area contributed by atoms with E-state index in [1.165, 1.54) is 21.9 Å². The number of halogens is 1. The standard InChI is InChI=1S/C17H22FN3O4/c1-11-9-19(16(24)25)8-7-17(11)15(23)20(10-22)12(2)21(17)14-5-3-13(18)4-6-14/h3-6,11-12,22H,7-10H2,1-2H3,(H,24,25). The minimum Gasteiger partial charge on any atom is -0.465 e. The van der Waals surface area contributed by atoms with Crippen molar-refractivity contribution in [3.63, 3.8) is 0 Å². The molecular weight excluding hydrogens is 329 g/mol. The predicted octanol–water partition coefficient (Wildman–Crippen LogP) is 1.53. The lowest BCUT2D eigenvalue weighted by molar-refractivity contribution is -0.139. The maximum atomic E-state index is 13.3. The molecule has 2 saturated heterocycles. The van der Waals surface area contributed by atoms with Crippen LogP contribution in [-0.4, -0.2) is 63.5 Å². The van der Waals surface area contributed by atoms with E-state index in [0.717, 1.165) is 0 Å². The Morgan fingerprint density at radius 3 is 2.48 bits per heavy atom. The molecule has 2 heterocycles. The first kappa shape index (κ1) is 17.5. The second-order valence-electron chi connectivity index (χ2n) is 6.70. The number of piperidine rings is 1. The first-order valence-electron chi connectivity index (χ1n) is 8.27. The molecule has 2 N–H and O–H groups in total. The first-order valence-corrected chi connectivity index (χ1v) is 8.27. The molecule has 1 aromatic carbocycles. The molecule has 3 unspecified atom stereocenters. The Kier molecular flexibility index (Phi) is 4.32. The normalized spacial score (nSPS) is 29.6. The van der Waals surface area contributed by atoms with E-state index in [2.05, 4.69) is 0 Å². The third kappa shape index (κ3) is 2.52. The van der Waals surface area contributed by atoms with Crippen LogP contribution in [-0.2, 0) is 4.79 Å². The van der Waals surface area contributed by atoms with Gasteiger partial charge in [0.1, 0.15) is 24.3 Å². The Labute approximate surface area is 145 Å². The van der Waals surface area contributed by atoms with E-state index in [-0.39, 0.29) is 30.7 Å². The lowest BCUT2D eigenvalue weighted by Crippen LogP contribution is -2.62. The van der Waals surface area contributed by atoms with E-state index in [4.69, 9.17) is 0 Å². The lowest BCUT2D eigenvalue weighted by Gasteiger charge is -2.48. The van der Waals surface area contributed by atoms with Gasteiger partial charge in [-0.05, 0) is 37.6 Å². The van der Waals surface area contributed by atoms with Crippen molar-refractivity contribution in [2.45, 2.75) is 32.0 Å². The number of aliphatic hydroxyl groups excluding tert-OH is 1. The molecule has 8 heteroatoms. The van der Waals surface area contributed by atoms with Crippen LogP contribution < -0.4 is 4.90 Å². The van der Waals surface area contributed by atoms with Gasteiger partial charge in [-0.25, -0.2) is 9.18 Å². The summed E-state index contributed by atoms with van der Waals surface area (Å²) >= 11 is 0. The molecule has 1 spiro atoms. The zero-order valence-electron chi connectivity index (χ0n) is 14.2. The fraction of sp³-hybridized carbons (Fsp3) is 0.529. The molecular formula is C17H22FN3O4. The number of benzene rings is 1. The van der Waals surface area contributed by atoms with E-state index in [1.807, 2.05) is 18.7 Å². The molecule has 0 bridgehead atoms. The number of carboxylic acid groups (broad SMARTS) is 1. The fourth-order valence-electron chi connectivity index (χ4n) is 4.20. The molecule has 2 fully saturated rings. The average Bonchev–Trinajstić information content (AvgIpc) is 2.78. The zero-order chi connectivity index (χ0) is 18.4. The smallest absolute Gasteiger partial charge is 0.407 e. The number of hydrogen-bond acceptors (Lipinski definition) is 4. The van der Waals surface area contributed by atoms with Gasteiger partial charge in [0, 0.05) is 24.7 Å². The van der Waals surface area contributed by atoms with Gasteiger partial charge in [-0.3, -0.25) is 9.69 Å². The third-order valence-corrected chi connectivity index (χ3v) is 5.49. The Balaban J connectivity index is 2.05. The molecule has 0 aliphatic carbocycles. The van der Waals surface area contributed by atoms with E-state index in [0.29, 0.717) is 12.1 Å². The number of nitrogens with zero attached hydrogens (tertiary/aromatic N) is 3. The van der Waals surface area contributed by atoms with Crippen LogP contribution in [0.25, 0.3) is 0 Å². The zero-order valence-corrected chi connectivity index (χ0v) is 14.2. The Hall–Kier alpha value is -2.35. The molecule has 2 aliphatic rings. The molecule has 0 saturated carbocycles. The van der Waals surface area contributed by atoms with E-state index in [9.17, 15) is 24.2 Å². The molecule has 2 amide bonds. The summed E-state index contributed by atoms with van der Waals surface area (Å²) in [5, 5.41) is 18.9. The van der Waals surface area contributed by atoms with Crippen molar-refractivity contribution < 1.29 is 24.2 Å². The number of carbonyl (C=O) groups excluding carboxylic acids is 1. The summed E-state index contributed by atoms with van der Waals surface area (Å²) in [7, 11) is 0. The number of hydrogen-bond donors (Lipinski definition) is 2. The van der Waals surface area contributed by atoms with Crippen LogP contribution in [0.3, 0.4) is 0 Å². The number of anilines is 1. The number of rotatable bonds is 2. The minimum atomic E-state index is -1.01. The largest absolute Gasteiger partial charge is 0.465 e. The quantitative estimate of drug-likeness (QED) is 0.844. The molecule has 3 rings (SSSR count). The Bertz CT molecular complexity index is 683. The van der Waals surface area contributed by atoms with Crippen molar-refractivity contribution >= 4 is 17.7 Å². The van der Waals surface area contributed by atoms with Gasteiger partial charge in [-0.15, -0.1) is 0 Å². The highest BCUT2D eigenvalue weighted by Gasteiger charge is 2.60. The van der Waals surface area contributed by atoms with Gasteiger partial charge in [0.15, 0.2) is 0 Å². The second-order valence-corrected chi connectivity index (χ2v) is 6.70. The van der Waals surface area contributed by atoms with Crippen LogP contribution in [0.1, 0.15) is 20.3 Å². The molecule has 136 valence electrons. The Morgan fingerprint density at radius 2 is 1.96 bits per heavy atom. The lowest BCUT2D eigenvalue weighted by atomic mass is 9.77. The van der Waals surface area contributed by atoms with Crippen molar-refractivity contribution in [1.82, 2.24) is 9.80 Å². The van der Waals surface area contributed by atoms with Crippen LogP contribution >= 0.6 is 0 Å². The first-order chi connectivity index (χ1) is 11.8. The highest BCUT2D eigenvalue weighted by Crippen LogP contribution is 2.45. The Morgan fingerprint density at radius 1 is 1.32 bits per heavy atom. The van der Waals surface area contributed by atoms with Crippen LogP contribution in [0, 0.1) is 11.7 Å². The maximum absolute atomic E-state index is 13.3. The number of carbonyl (C=O) groups is 2. The topological polar surface area (TPSA) is 84.3 Å². The molecule has 1 aromatic rings. The molecule has 3 atom stereocenters. The summed E-state index contributed by atoms with van der Waals surface area (Å²) in [5.74, 6) is -0.873. The summed E-state index contributed by atoms with van der Waals surface area (Å²) in [6.45, 7) is 3.69. The highest BCUT2D eigenvalue weighted by molar-refractivity contribution is 5.94. The van der Waals surface area contributed by atoms with Crippen molar-refractivity contribution in [2.75, 3.05) is 24.7 Å². The fourth-order valence-corrected chi connectivity index (χ4v) is 4.20. The summed E-state index contributed by atoms with van der Waals surface area (Å²) in [6, 6.07) is 5.88. The predicted molar refractivity (Wildman–Crippen MR) is 88.4 cm³/mol. The minimum absolute atomic E-state index is 0.218. The number of amides is 2. The van der Waals surface area contributed by atoms with Gasteiger partial charge in [-0.1, -0.05) is 6.92 Å². The van der Waals surface area contributed by atoms with E-state index >= 15 is 0 Å². The molecule has 7 nitrogen and oxygen atoms in total. The average molecular weight is 351 g/mol. The van der Waals surface area contributed by atoms with E-state index < -0.39 is 24.5 Å². The molecule has 0 radical (unpaired) electrons. The molecule has 25 heavy (non-hydrogen) atoms. The van der Waals surface area contributed by atoms with Crippen molar-refractivity contribution in [3.05, 3.63) is 30.1 Å². The SMILES string of the molecule is CC1N(CO)C(=O)C2(CCN(C(=O)O)CC2C)N1c1ccc(F)cc1. The van der Waals surface area contributed by atoms with Gasteiger partial charge in [-0.2, -0.15) is 0 Å². The number of likely N-dealkylation sites (tertiary alicyclic amines) is 1. The summed E-state index contributed by atoms with van der Waals surface area (Å²) < 4.78 is 13.3. The molecule has 2 aliphatic heterocycles. The highest BCUT2D eigenvalue weighted by atomic mass is 19.1. The van der Waals surface area contributed by atoms with Crippen LogP contribution in [0.5, 0.6) is 0 Å². The van der Waals surface area contributed by atoms with Crippen molar-refractivity contribution in [1.29, 1.82) is 0 Å². The maximum Gasteiger partial charge on any atom is 0.407 e. The second kappa shape index (κ2) is 6.18. The van der Waals surface area contributed by atoms with Crippen molar-refractivity contribution in [3.8, 4) is 0 Å². The monoisotopic (exact) mass is 351 g/mol.